The maximum absolute atomic E-state index is 4.62. The van der Waals surface area contributed by atoms with Gasteiger partial charge in [0.15, 0.2) is 0 Å². The van der Waals surface area contributed by atoms with Crippen molar-refractivity contribution in [2.24, 2.45) is 0 Å². The number of hydrogen-bond donors (Lipinski definition) is 3. The normalized spacial score (nSPS) is 14.9. The van der Waals surface area contributed by atoms with Crippen LogP contribution < -0.4 is 0 Å². The van der Waals surface area contributed by atoms with Crippen LogP contribution in [0, 0.1) is 0 Å². The van der Waals surface area contributed by atoms with Gasteiger partial charge in [-0.15, -0.1) is 0 Å². The molecule has 0 radical (unpaired) electrons. The van der Waals surface area contributed by atoms with Crippen LogP contribution in [0.15, 0.2) is 30.3 Å². The van der Waals surface area contributed by atoms with Crippen LogP contribution in [0.1, 0.15) is 30.1 Å². The number of benzene rings is 1. The maximum Gasteiger partial charge on any atom is 0.0383 e. The standard InChI is InChI=1S/C12H18S3/c13-9-5-4-8-11(14)12(15)10-6-2-1-3-7-10/h1-3,6-7,11-15H,4-5,8-9H2. The molecule has 1 aromatic carbocycles. The van der Waals surface area contributed by atoms with Gasteiger partial charge in [-0.25, -0.2) is 0 Å². The van der Waals surface area contributed by atoms with Gasteiger partial charge in [-0.1, -0.05) is 36.8 Å². The Morgan fingerprint density at radius 2 is 1.67 bits per heavy atom. The first-order chi connectivity index (χ1) is 7.25. The van der Waals surface area contributed by atoms with E-state index in [2.05, 4.69) is 50.0 Å². The maximum atomic E-state index is 4.62. The van der Waals surface area contributed by atoms with Crippen molar-refractivity contribution < 1.29 is 0 Å². The summed E-state index contributed by atoms with van der Waals surface area (Å²) in [4.78, 5) is 0. The van der Waals surface area contributed by atoms with Crippen LogP contribution in [-0.2, 0) is 0 Å². The molecule has 2 unspecified atom stereocenters. The zero-order chi connectivity index (χ0) is 11.1. The fraction of sp³-hybridized carbons (Fsp3) is 0.500. The lowest BCUT2D eigenvalue weighted by atomic mass is 10.1. The fourth-order valence-corrected chi connectivity index (χ4v) is 2.40. The molecule has 84 valence electrons. The largest absolute Gasteiger partial charge is 0.179 e. The van der Waals surface area contributed by atoms with E-state index in [4.69, 9.17) is 0 Å². The first-order valence-electron chi connectivity index (χ1n) is 5.27. The predicted molar refractivity (Wildman–Crippen MR) is 78.6 cm³/mol. The van der Waals surface area contributed by atoms with E-state index in [1.54, 1.807) is 0 Å². The third-order valence-corrected chi connectivity index (χ3v) is 4.18. The predicted octanol–water partition coefficient (Wildman–Crippen LogP) is 4.06. The summed E-state index contributed by atoms with van der Waals surface area (Å²) in [5, 5.41) is 0.560. The second-order valence-corrected chi connectivity index (χ2v) is 5.31. The lowest BCUT2D eigenvalue weighted by Gasteiger charge is -2.18. The molecule has 0 spiro atoms. The molecule has 0 saturated carbocycles. The van der Waals surface area contributed by atoms with Crippen molar-refractivity contribution in [3.8, 4) is 0 Å². The van der Waals surface area contributed by atoms with Crippen LogP contribution in [0.25, 0.3) is 0 Å². The summed E-state index contributed by atoms with van der Waals surface area (Å²) >= 11 is 13.4. The Morgan fingerprint density at radius 3 is 2.27 bits per heavy atom. The Labute approximate surface area is 109 Å². The minimum absolute atomic E-state index is 0.231. The summed E-state index contributed by atoms with van der Waals surface area (Å²) in [6.45, 7) is 0. The lowest BCUT2D eigenvalue weighted by molar-refractivity contribution is 0.682. The van der Waals surface area contributed by atoms with Crippen LogP contribution >= 0.6 is 37.9 Å². The van der Waals surface area contributed by atoms with E-state index in [-0.39, 0.29) is 5.25 Å². The van der Waals surface area contributed by atoms with Crippen molar-refractivity contribution in [3.63, 3.8) is 0 Å². The monoisotopic (exact) mass is 258 g/mol. The van der Waals surface area contributed by atoms with Crippen LogP contribution in [-0.4, -0.2) is 11.0 Å². The summed E-state index contributed by atoms with van der Waals surface area (Å²) in [5.41, 5.74) is 1.26. The molecule has 0 heterocycles. The lowest BCUT2D eigenvalue weighted by Crippen LogP contribution is -2.07. The van der Waals surface area contributed by atoms with Gasteiger partial charge in [0.1, 0.15) is 0 Å². The van der Waals surface area contributed by atoms with Crippen LogP contribution in [0.2, 0.25) is 0 Å². The summed E-state index contributed by atoms with van der Waals surface area (Å²) in [6, 6.07) is 10.3. The molecule has 2 atom stereocenters. The van der Waals surface area contributed by atoms with Crippen molar-refractivity contribution in [1.29, 1.82) is 0 Å². The average Bonchev–Trinajstić information content (AvgIpc) is 2.29. The van der Waals surface area contributed by atoms with E-state index in [9.17, 15) is 0 Å². The van der Waals surface area contributed by atoms with Crippen LogP contribution in [0.5, 0.6) is 0 Å². The van der Waals surface area contributed by atoms with E-state index in [0.29, 0.717) is 5.25 Å². The molecule has 0 bridgehead atoms. The molecule has 1 rings (SSSR count). The minimum atomic E-state index is 0.231. The van der Waals surface area contributed by atoms with Gasteiger partial charge in [-0.3, -0.25) is 0 Å². The van der Waals surface area contributed by atoms with Gasteiger partial charge in [0.2, 0.25) is 0 Å². The molecule has 0 saturated heterocycles. The fourth-order valence-electron chi connectivity index (χ4n) is 1.50. The number of hydrogen-bond acceptors (Lipinski definition) is 3. The van der Waals surface area contributed by atoms with Gasteiger partial charge in [-0.05, 0) is 24.2 Å². The van der Waals surface area contributed by atoms with Crippen molar-refractivity contribution in [3.05, 3.63) is 35.9 Å². The van der Waals surface area contributed by atoms with Gasteiger partial charge in [0.05, 0.1) is 0 Å². The zero-order valence-corrected chi connectivity index (χ0v) is 11.4. The molecule has 0 nitrogen and oxygen atoms in total. The van der Waals surface area contributed by atoms with Crippen LogP contribution in [0.4, 0.5) is 0 Å². The molecule has 3 heteroatoms. The zero-order valence-electron chi connectivity index (χ0n) is 8.71. The molecular weight excluding hydrogens is 240 g/mol. The number of thiol groups is 3. The summed E-state index contributed by atoms with van der Waals surface area (Å²) in [6.07, 6.45) is 3.45. The van der Waals surface area contributed by atoms with Gasteiger partial charge in [0, 0.05) is 10.5 Å². The van der Waals surface area contributed by atoms with Crippen molar-refractivity contribution >= 4 is 37.9 Å². The summed E-state index contributed by atoms with van der Waals surface area (Å²) < 4.78 is 0. The van der Waals surface area contributed by atoms with E-state index >= 15 is 0 Å². The average molecular weight is 258 g/mol. The van der Waals surface area contributed by atoms with E-state index < -0.39 is 0 Å². The number of rotatable bonds is 6. The van der Waals surface area contributed by atoms with E-state index in [1.165, 1.54) is 12.0 Å². The quantitative estimate of drug-likeness (QED) is 0.497. The molecule has 0 aliphatic rings. The Balaban J connectivity index is 2.42. The van der Waals surface area contributed by atoms with Gasteiger partial charge in [0.25, 0.3) is 0 Å². The molecule has 0 aromatic heterocycles. The molecular formula is C12H18S3. The van der Waals surface area contributed by atoms with Crippen LogP contribution in [0.3, 0.4) is 0 Å². The molecule has 0 aliphatic heterocycles. The molecule has 15 heavy (non-hydrogen) atoms. The molecule has 0 N–H and O–H groups in total. The highest BCUT2D eigenvalue weighted by Gasteiger charge is 2.14. The number of unbranched alkanes of at least 4 members (excludes halogenated alkanes) is 1. The second-order valence-electron chi connectivity index (χ2n) is 3.64. The highest BCUT2D eigenvalue weighted by molar-refractivity contribution is 7.85. The summed E-state index contributed by atoms with van der Waals surface area (Å²) in [5.74, 6) is 0.961. The Kier molecular flexibility index (Phi) is 6.69. The second kappa shape index (κ2) is 7.53. The molecule has 0 aliphatic carbocycles. The molecule has 1 aromatic rings. The summed E-state index contributed by atoms with van der Waals surface area (Å²) in [7, 11) is 0. The highest BCUT2D eigenvalue weighted by Crippen LogP contribution is 2.30. The minimum Gasteiger partial charge on any atom is -0.179 e. The highest BCUT2D eigenvalue weighted by atomic mass is 32.1. The van der Waals surface area contributed by atoms with Gasteiger partial charge in [-0.2, -0.15) is 37.9 Å². The Bertz CT molecular complexity index is 261. The van der Waals surface area contributed by atoms with Gasteiger partial charge >= 0.3 is 0 Å². The van der Waals surface area contributed by atoms with Crippen molar-refractivity contribution in [2.75, 3.05) is 5.75 Å². The van der Waals surface area contributed by atoms with Crippen molar-refractivity contribution in [1.82, 2.24) is 0 Å². The SMILES string of the molecule is SCCCCC(S)C(S)c1ccccc1. The Hall–Kier alpha value is 0.270. The third-order valence-electron chi connectivity index (χ3n) is 2.41. The topological polar surface area (TPSA) is 0 Å². The first kappa shape index (κ1) is 13.3. The third kappa shape index (κ3) is 4.75. The van der Waals surface area contributed by atoms with E-state index in [0.717, 1.165) is 18.6 Å². The first-order valence-corrected chi connectivity index (χ1v) is 6.94. The molecule has 0 fully saturated rings. The van der Waals surface area contributed by atoms with Gasteiger partial charge < -0.3 is 0 Å². The van der Waals surface area contributed by atoms with E-state index in [1.807, 2.05) is 18.2 Å². The molecule has 0 amide bonds. The smallest absolute Gasteiger partial charge is 0.0383 e. The Morgan fingerprint density at radius 1 is 1.00 bits per heavy atom. The van der Waals surface area contributed by atoms with Crippen molar-refractivity contribution in [2.45, 2.75) is 29.8 Å².